The van der Waals surface area contributed by atoms with Crippen LogP contribution in [0.3, 0.4) is 0 Å². The van der Waals surface area contributed by atoms with Gasteiger partial charge < -0.3 is 10.6 Å². The van der Waals surface area contributed by atoms with Crippen LogP contribution in [0.4, 0.5) is 11.6 Å². The van der Waals surface area contributed by atoms with Crippen LogP contribution in [0.15, 0.2) is 41.5 Å². The minimum Gasteiger partial charge on any atom is -0.324 e. The van der Waals surface area contributed by atoms with Gasteiger partial charge in [-0.1, -0.05) is 20.8 Å². The van der Waals surface area contributed by atoms with E-state index >= 15 is 0 Å². The average molecular weight is 472 g/mol. The zero-order valence-corrected chi connectivity index (χ0v) is 21.3. The molecule has 8 nitrogen and oxygen atoms in total. The molecule has 35 heavy (non-hydrogen) atoms. The van der Waals surface area contributed by atoms with E-state index in [2.05, 4.69) is 60.4 Å². The van der Waals surface area contributed by atoms with Gasteiger partial charge in [0.2, 0.25) is 5.95 Å². The summed E-state index contributed by atoms with van der Waals surface area (Å²) in [5, 5.41) is 7.30. The summed E-state index contributed by atoms with van der Waals surface area (Å²) >= 11 is 0. The van der Waals surface area contributed by atoms with Crippen molar-refractivity contribution in [2.45, 2.75) is 66.0 Å². The van der Waals surface area contributed by atoms with Crippen LogP contribution < -0.4 is 16.2 Å². The van der Waals surface area contributed by atoms with Crippen LogP contribution in [0.2, 0.25) is 0 Å². The molecule has 4 heterocycles. The Labute approximate surface area is 205 Å². The maximum Gasteiger partial charge on any atom is 0.278 e. The molecular formula is C27H33N7O. The molecule has 3 aromatic heterocycles. The van der Waals surface area contributed by atoms with Gasteiger partial charge in [0.15, 0.2) is 5.65 Å². The molecule has 0 saturated heterocycles. The molecule has 1 aliphatic rings. The average Bonchev–Trinajstić information content (AvgIpc) is 3.10. The number of aromatic nitrogens is 5. The molecule has 4 aromatic rings. The van der Waals surface area contributed by atoms with Crippen molar-refractivity contribution in [3.8, 4) is 5.69 Å². The maximum absolute atomic E-state index is 13.3. The van der Waals surface area contributed by atoms with Crippen LogP contribution in [0.1, 0.15) is 63.0 Å². The lowest BCUT2D eigenvalue weighted by molar-refractivity contribution is 0.474. The number of pyridine rings is 1. The smallest absolute Gasteiger partial charge is 0.278 e. The molecule has 8 heteroatoms. The normalized spacial score (nSPS) is 13.9. The van der Waals surface area contributed by atoms with Crippen LogP contribution in [0.25, 0.3) is 16.7 Å². The van der Waals surface area contributed by atoms with Crippen LogP contribution in [-0.4, -0.2) is 30.9 Å². The molecule has 0 spiro atoms. The van der Waals surface area contributed by atoms with Crippen molar-refractivity contribution in [1.82, 2.24) is 29.6 Å². The third-order valence-electron chi connectivity index (χ3n) is 6.56. The second-order valence-electron chi connectivity index (χ2n) is 10.6. The molecule has 1 aromatic carbocycles. The molecule has 0 amide bonds. The summed E-state index contributed by atoms with van der Waals surface area (Å²) in [4.78, 5) is 27.2. The number of benzene rings is 1. The third kappa shape index (κ3) is 4.23. The number of rotatable bonds is 4. The predicted molar refractivity (Wildman–Crippen MR) is 140 cm³/mol. The topological polar surface area (TPSA) is 89.7 Å². The van der Waals surface area contributed by atoms with Crippen molar-refractivity contribution in [3.05, 3.63) is 69.4 Å². The van der Waals surface area contributed by atoms with Crippen molar-refractivity contribution in [2.24, 2.45) is 0 Å². The fraction of sp³-hybridized carbons (Fsp3) is 0.407. The molecule has 0 radical (unpaired) electrons. The van der Waals surface area contributed by atoms with Gasteiger partial charge in [-0.2, -0.15) is 4.98 Å². The Morgan fingerprint density at radius 2 is 1.94 bits per heavy atom. The zero-order valence-electron chi connectivity index (χ0n) is 21.3. The maximum atomic E-state index is 13.3. The number of anilines is 2. The van der Waals surface area contributed by atoms with Gasteiger partial charge in [0, 0.05) is 41.8 Å². The van der Waals surface area contributed by atoms with Gasteiger partial charge in [-0.15, -0.1) is 0 Å². The molecular weight excluding hydrogens is 438 g/mol. The van der Waals surface area contributed by atoms with Gasteiger partial charge >= 0.3 is 0 Å². The van der Waals surface area contributed by atoms with Crippen molar-refractivity contribution in [3.63, 3.8) is 0 Å². The van der Waals surface area contributed by atoms with E-state index in [-0.39, 0.29) is 17.0 Å². The molecule has 0 unspecified atom stereocenters. The highest BCUT2D eigenvalue weighted by molar-refractivity contribution is 5.77. The third-order valence-corrected chi connectivity index (χ3v) is 6.56. The quantitative estimate of drug-likeness (QED) is 0.454. The molecule has 0 fully saturated rings. The Hall–Kier alpha value is -3.52. The predicted octanol–water partition coefficient (Wildman–Crippen LogP) is 4.55. The summed E-state index contributed by atoms with van der Waals surface area (Å²) in [6.45, 7) is 14.4. The number of hydrogen-bond acceptors (Lipinski definition) is 6. The molecule has 0 bridgehead atoms. The first-order chi connectivity index (χ1) is 16.6. The number of aryl methyl sites for hydroxylation is 1. The SMILES string of the molecule is Cc1cc(Nc2ncc3c(=O)n(C(C)C)n(-c4ccnc(C(C)(C)C)c4)c3n2)cc2c1CCNC2. The van der Waals surface area contributed by atoms with Gasteiger partial charge in [0.05, 0.1) is 5.69 Å². The van der Waals surface area contributed by atoms with Crippen LogP contribution in [-0.2, 0) is 18.4 Å². The summed E-state index contributed by atoms with van der Waals surface area (Å²) in [5.74, 6) is 0.459. The second kappa shape index (κ2) is 8.61. The lowest BCUT2D eigenvalue weighted by Gasteiger charge is -2.21. The van der Waals surface area contributed by atoms with Crippen LogP contribution in [0.5, 0.6) is 0 Å². The van der Waals surface area contributed by atoms with Gasteiger partial charge in [0.1, 0.15) is 5.39 Å². The van der Waals surface area contributed by atoms with E-state index in [1.165, 1.54) is 16.7 Å². The number of hydrogen-bond donors (Lipinski definition) is 2. The number of nitrogens with zero attached hydrogens (tertiary/aromatic N) is 5. The lowest BCUT2D eigenvalue weighted by atomic mass is 9.91. The summed E-state index contributed by atoms with van der Waals surface area (Å²) < 4.78 is 3.63. The van der Waals surface area contributed by atoms with E-state index in [1.54, 1.807) is 17.1 Å². The van der Waals surface area contributed by atoms with E-state index in [0.29, 0.717) is 17.0 Å². The molecule has 182 valence electrons. The first-order valence-corrected chi connectivity index (χ1v) is 12.2. The van der Waals surface area contributed by atoms with Crippen molar-refractivity contribution < 1.29 is 0 Å². The van der Waals surface area contributed by atoms with Gasteiger partial charge in [-0.25, -0.2) is 14.3 Å². The standard InChI is InChI=1S/C27H33N7O/c1-16(2)33-25(35)22-15-30-26(31-19-11-17(3)21-8-9-28-14-18(21)12-19)32-24(22)34(33)20-7-10-29-23(13-20)27(4,5)6/h7,10-13,15-16,28H,8-9,14H2,1-6H3,(H,30,31,32). The Kier molecular flexibility index (Phi) is 5.71. The van der Waals surface area contributed by atoms with Crippen molar-refractivity contribution >= 4 is 22.7 Å². The van der Waals surface area contributed by atoms with E-state index < -0.39 is 0 Å². The monoisotopic (exact) mass is 471 g/mol. The highest BCUT2D eigenvalue weighted by Crippen LogP contribution is 2.27. The van der Waals surface area contributed by atoms with Crippen molar-refractivity contribution in [1.29, 1.82) is 0 Å². The summed E-state index contributed by atoms with van der Waals surface area (Å²) in [6.07, 6.45) is 4.46. The second-order valence-corrected chi connectivity index (χ2v) is 10.6. The Morgan fingerprint density at radius 3 is 2.69 bits per heavy atom. The Morgan fingerprint density at radius 1 is 1.14 bits per heavy atom. The van der Waals surface area contributed by atoms with Crippen LogP contribution in [0, 0.1) is 6.92 Å². The molecule has 1 aliphatic heterocycles. The Bertz CT molecular complexity index is 1470. The lowest BCUT2D eigenvalue weighted by Crippen LogP contribution is -2.24. The Balaban J connectivity index is 1.64. The van der Waals surface area contributed by atoms with Crippen molar-refractivity contribution in [2.75, 3.05) is 11.9 Å². The largest absolute Gasteiger partial charge is 0.324 e. The van der Waals surface area contributed by atoms with E-state index in [4.69, 9.17) is 4.98 Å². The summed E-state index contributed by atoms with van der Waals surface area (Å²) in [7, 11) is 0. The molecule has 5 rings (SSSR count). The minimum absolute atomic E-state index is 0.0600. The fourth-order valence-corrected chi connectivity index (χ4v) is 4.78. The summed E-state index contributed by atoms with van der Waals surface area (Å²) in [5.41, 5.74) is 7.08. The zero-order chi connectivity index (χ0) is 24.9. The van der Waals surface area contributed by atoms with E-state index in [0.717, 1.165) is 36.6 Å². The highest BCUT2D eigenvalue weighted by Gasteiger charge is 2.22. The minimum atomic E-state index is -0.122. The molecule has 0 saturated carbocycles. The van der Waals surface area contributed by atoms with Gasteiger partial charge in [0.25, 0.3) is 5.56 Å². The summed E-state index contributed by atoms with van der Waals surface area (Å²) in [6, 6.07) is 8.19. The van der Waals surface area contributed by atoms with Gasteiger partial charge in [-0.3, -0.25) is 9.78 Å². The van der Waals surface area contributed by atoms with Crippen LogP contribution >= 0.6 is 0 Å². The fourth-order valence-electron chi connectivity index (χ4n) is 4.78. The molecule has 0 atom stereocenters. The van der Waals surface area contributed by atoms with E-state index in [9.17, 15) is 4.79 Å². The molecule has 2 N–H and O–H groups in total. The number of nitrogens with one attached hydrogen (secondary N) is 2. The van der Waals surface area contributed by atoms with Gasteiger partial charge in [-0.05, 0) is 74.7 Å². The first kappa shape index (κ1) is 23.2. The first-order valence-electron chi connectivity index (χ1n) is 12.2. The highest BCUT2D eigenvalue weighted by atomic mass is 16.1. The molecule has 0 aliphatic carbocycles. The van der Waals surface area contributed by atoms with E-state index in [1.807, 2.05) is 30.7 Å². The number of fused-ring (bicyclic) bond motifs is 2.